The number of para-hydroxylation sites is 1. The monoisotopic (exact) mass is 486 g/mol. The molecule has 0 aliphatic carbocycles. The maximum atomic E-state index is 13.9. The Morgan fingerprint density at radius 3 is 2.38 bits per heavy atom. The Kier molecular flexibility index (Phi) is 7.05. The highest BCUT2D eigenvalue weighted by Crippen LogP contribution is 2.30. The van der Waals surface area contributed by atoms with Gasteiger partial charge in [-0.05, 0) is 38.1 Å². The number of hydrogen-bond donors (Lipinski definition) is 2. The third-order valence-corrected chi connectivity index (χ3v) is 4.82. The molecule has 1 atom stereocenters. The molecule has 182 valence electrons. The molecular formula is C21H19F5N4O4. The molecule has 2 N–H and O–H groups in total. The molecular weight excluding hydrogens is 467 g/mol. The average molecular weight is 486 g/mol. The Morgan fingerprint density at radius 1 is 1.21 bits per heavy atom. The van der Waals surface area contributed by atoms with E-state index in [-0.39, 0.29) is 18.1 Å². The second kappa shape index (κ2) is 9.63. The van der Waals surface area contributed by atoms with Gasteiger partial charge in [0.1, 0.15) is 29.7 Å². The van der Waals surface area contributed by atoms with Gasteiger partial charge in [-0.2, -0.15) is 17.9 Å². The fourth-order valence-corrected chi connectivity index (χ4v) is 3.02. The molecule has 1 aromatic heterocycles. The maximum Gasteiger partial charge on any atom is 0.425 e. The van der Waals surface area contributed by atoms with E-state index in [4.69, 9.17) is 4.74 Å². The number of ether oxygens (including phenoxy) is 1. The van der Waals surface area contributed by atoms with E-state index in [1.807, 2.05) is 5.32 Å². The zero-order valence-corrected chi connectivity index (χ0v) is 17.9. The largest absolute Gasteiger partial charge is 0.480 e. The van der Waals surface area contributed by atoms with Crippen molar-refractivity contribution < 1.29 is 36.6 Å². The smallest absolute Gasteiger partial charge is 0.425 e. The lowest BCUT2D eigenvalue weighted by Gasteiger charge is -2.20. The number of halogens is 5. The summed E-state index contributed by atoms with van der Waals surface area (Å²) < 4.78 is 74.2. The number of alkyl halides is 3. The maximum absolute atomic E-state index is 13.9. The van der Waals surface area contributed by atoms with Gasteiger partial charge >= 0.3 is 11.9 Å². The summed E-state index contributed by atoms with van der Waals surface area (Å²) in [5.41, 5.74) is -2.03. The fraction of sp³-hybridized carbons (Fsp3) is 0.286. The molecule has 0 saturated heterocycles. The van der Waals surface area contributed by atoms with Crippen LogP contribution in [0.15, 0.2) is 41.2 Å². The topological polar surface area (TPSA) is 98.4 Å². The van der Waals surface area contributed by atoms with Gasteiger partial charge in [0.15, 0.2) is 11.9 Å². The minimum Gasteiger partial charge on any atom is -0.480 e. The van der Waals surface area contributed by atoms with Crippen LogP contribution in [-0.2, 0) is 13.2 Å². The number of aromatic nitrogens is 3. The molecule has 2 aromatic carbocycles. The van der Waals surface area contributed by atoms with Crippen LogP contribution in [0, 0.1) is 11.6 Å². The van der Waals surface area contributed by atoms with Crippen molar-refractivity contribution in [1.82, 2.24) is 14.3 Å². The summed E-state index contributed by atoms with van der Waals surface area (Å²) in [7, 11) is 0. The van der Waals surface area contributed by atoms with Gasteiger partial charge in [0.2, 0.25) is 0 Å². The summed E-state index contributed by atoms with van der Waals surface area (Å²) in [6.45, 7) is 1.92. The summed E-state index contributed by atoms with van der Waals surface area (Å²) in [6.07, 6.45) is -7.16. The molecule has 0 unspecified atom stereocenters. The SMILES string of the molecule is CCn1c(CO)nn(-c2ccc(C(=O)Nc3c(F)cccc3F)c(O[C@@H](C)C(F)(F)F)c2)c1=O. The van der Waals surface area contributed by atoms with E-state index in [1.54, 1.807) is 6.92 Å². The highest BCUT2D eigenvalue weighted by atomic mass is 19.4. The van der Waals surface area contributed by atoms with Gasteiger partial charge in [0.05, 0.1) is 11.3 Å². The lowest BCUT2D eigenvalue weighted by molar-refractivity contribution is -0.189. The van der Waals surface area contributed by atoms with Crippen molar-refractivity contribution in [3.8, 4) is 11.4 Å². The molecule has 8 nitrogen and oxygen atoms in total. The van der Waals surface area contributed by atoms with E-state index in [1.165, 1.54) is 6.07 Å². The van der Waals surface area contributed by atoms with Gasteiger partial charge < -0.3 is 15.2 Å². The number of nitrogens with zero attached hydrogens (tertiary/aromatic N) is 3. The summed E-state index contributed by atoms with van der Waals surface area (Å²) in [5.74, 6) is -3.94. The molecule has 0 bridgehead atoms. The first-order valence-corrected chi connectivity index (χ1v) is 9.90. The summed E-state index contributed by atoms with van der Waals surface area (Å²) >= 11 is 0. The van der Waals surface area contributed by atoms with E-state index in [0.717, 1.165) is 39.6 Å². The molecule has 0 spiro atoms. The molecule has 0 aliphatic heterocycles. The van der Waals surface area contributed by atoms with Gasteiger partial charge in [0.25, 0.3) is 5.91 Å². The van der Waals surface area contributed by atoms with Gasteiger partial charge in [-0.1, -0.05) is 6.07 Å². The van der Waals surface area contributed by atoms with Crippen molar-refractivity contribution in [1.29, 1.82) is 0 Å². The van der Waals surface area contributed by atoms with Crippen LogP contribution in [0.1, 0.15) is 30.0 Å². The average Bonchev–Trinajstić information content (AvgIpc) is 3.10. The minimum atomic E-state index is -4.80. The Bertz CT molecular complexity index is 1250. The lowest BCUT2D eigenvalue weighted by Crippen LogP contribution is -2.32. The Labute approximate surface area is 189 Å². The van der Waals surface area contributed by atoms with Crippen molar-refractivity contribution in [2.45, 2.75) is 39.3 Å². The van der Waals surface area contributed by atoms with Crippen molar-refractivity contribution in [3.63, 3.8) is 0 Å². The molecule has 13 heteroatoms. The van der Waals surface area contributed by atoms with E-state index in [9.17, 15) is 36.6 Å². The molecule has 1 heterocycles. The first-order chi connectivity index (χ1) is 16.0. The molecule has 1 amide bonds. The number of anilines is 1. The highest BCUT2D eigenvalue weighted by molar-refractivity contribution is 6.06. The van der Waals surface area contributed by atoms with Crippen LogP contribution in [0.25, 0.3) is 5.69 Å². The zero-order chi connectivity index (χ0) is 25.2. The van der Waals surface area contributed by atoms with Crippen molar-refractivity contribution in [3.05, 3.63) is 69.9 Å². The van der Waals surface area contributed by atoms with Crippen LogP contribution < -0.4 is 15.7 Å². The minimum absolute atomic E-state index is 0.00970. The predicted molar refractivity (Wildman–Crippen MR) is 110 cm³/mol. The molecule has 3 rings (SSSR count). The summed E-state index contributed by atoms with van der Waals surface area (Å²) in [5, 5.41) is 15.3. The lowest BCUT2D eigenvalue weighted by atomic mass is 10.1. The molecule has 3 aromatic rings. The van der Waals surface area contributed by atoms with Gasteiger partial charge in [-0.15, -0.1) is 5.10 Å². The second-order valence-corrected chi connectivity index (χ2v) is 7.05. The Balaban J connectivity index is 2.09. The molecule has 0 aliphatic rings. The number of carbonyl (C=O) groups excluding carboxylic acids is 1. The van der Waals surface area contributed by atoms with Crippen LogP contribution in [0.2, 0.25) is 0 Å². The van der Waals surface area contributed by atoms with Gasteiger partial charge in [-0.3, -0.25) is 9.36 Å². The standard InChI is InChI=1S/C21H19F5N4O4/c1-3-29-17(10-31)28-30(20(29)33)12-7-8-13(16(9-12)34-11(2)21(24,25)26)19(32)27-18-14(22)5-4-6-15(18)23/h4-9,11,31H,3,10H2,1-2H3,(H,27,32)/t11-/m0/s1. The number of rotatable bonds is 7. The van der Waals surface area contributed by atoms with Gasteiger partial charge in [-0.25, -0.2) is 13.6 Å². The van der Waals surface area contributed by atoms with Crippen LogP contribution in [-0.4, -0.2) is 37.6 Å². The molecule has 0 saturated carbocycles. The third-order valence-electron chi connectivity index (χ3n) is 4.82. The van der Waals surface area contributed by atoms with E-state index in [2.05, 4.69) is 5.10 Å². The fourth-order valence-electron chi connectivity index (χ4n) is 3.02. The number of benzene rings is 2. The highest BCUT2D eigenvalue weighted by Gasteiger charge is 2.38. The third kappa shape index (κ3) is 4.93. The number of aliphatic hydroxyl groups is 1. The Hall–Kier alpha value is -3.74. The number of carbonyl (C=O) groups is 1. The number of nitrogens with one attached hydrogen (secondary N) is 1. The van der Waals surface area contributed by atoms with E-state index >= 15 is 0 Å². The molecule has 0 radical (unpaired) electrons. The van der Waals surface area contributed by atoms with E-state index < -0.39 is 59.1 Å². The first kappa shape index (κ1) is 24.9. The number of hydrogen-bond acceptors (Lipinski definition) is 5. The van der Waals surface area contributed by atoms with Crippen LogP contribution in [0.5, 0.6) is 5.75 Å². The summed E-state index contributed by atoms with van der Waals surface area (Å²) in [6, 6.07) is 6.03. The summed E-state index contributed by atoms with van der Waals surface area (Å²) in [4.78, 5) is 25.3. The van der Waals surface area contributed by atoms with Crippen LogP contribution in [0.3, 0.4) is 0 Å². The number of amides is 1. The van der Waals surface area contributed by atoms with Crippen LogP contribution in [0.4, 0.5) is 27.6 Å². The number of aliphatic hydroxyl groups excluding tert-OH is 1. The molecule has 0 fully saturated rings. The first-order valence-electron chi connectivity index (χ1n) is 9.90. The normalized spacial score (nSPS) is 12.5. The zero-order valence-electron chi connectivity index (χ0n) is 17.9. The molecule has 34 heavy (non-hydrogen) atoms. The van der Waals surface area contributed by atoms with Crippen molar-refractivity contribution >= 4 is 11.6 Å². The quantitative estimate of drug-likeness (QED) is 0.499. The van der Waals surface area contributed by atoms with Crippen molar-refractivity contribution in [2.75, 3.05) is 5.32 Å². The second-order valence-electron chi connectivity index (χ2n) is 7.05. The van der Waals surface area contributed by atoms with Crippen LogP contribution >= 0.6 is 0 Å². The van der Waals surface area contributed by atoms with Crippen molar-refractivity contribution in [2.24, 2.45) is 0 Å². The van der Waals surface area contributed by atoms with Gasteiger partial charge in [0, 0.05) is 12.6 Å². The van der Waals surface area contributed by atoms with E-state index in [0.29, 0.717) is 6.92 Å². The Morgan fingerprint density at radius 2 is 1.85 bits per heavy atom. The predicted octanol–water partition coefficient (Wildman–Crippen LogP) is 3.41.